The van der Waals surface area contributed by atoms with Crippen molar-refractivity contribution in [1.29, 1.82) is 0 Å². The normalized spacial score (nSPS) is 21.3. The molecule has 1 aromatic carbocycles. The molecule has 0 radical (unpaired) electrons. The van der Waals surface area contributed by atoms with Gasteiger partial charge in [0.1, 0.15) is 0 Å². The molecule has 0 spiro atoms. The minimum Gasteiger partial charge on any atom is -0.399 e. The van der Waals surface area contributed by atoms with E-state index in [1.165, 1.54) is 0 Å². The van der Waals surface area contributed by atoms with Crippen LogP contribution in [-0.2, 0) is 4.79 Å². The van der Waals surface area contributed by atoms with Gasteiger partial charge >= 0.3 is 0 Å². The van der Waals surface area contributed by atoms with Gasteiger partial charge in [0, 0.05) is 37.1 Å². The summed E-state index contributed by atoms with van der Waals surface area (Å²) in [6.07, 6.45) is 0. The van der Waals surface area contributed by atoms with Crippen LogP contribution in [0.15, 0.2) is 24.3 Å². The van der Waals surface area contributed by atoms with Gasteiger partial charge in [0.05, 0.1) is 6.54 Å². The van der Waals surface area contributed by atoms with Crippen LogP contribution in [0.2, 0.25) is 0 Å². The monoisotopic (exact) mass is 262 g/mol. The van der Waals surface area contributed by atoms with E-state index in [2.05, 4.69) is 29.1 Å². The lowest BCUT2D eigenvalue weighted by atomic mass is 10.2. The van der Waals surface area contributed by atoms with E-state index < -0.39 is 0 Å². The lowest BCUT2D eigenvalue weighted by molar-refractivity contribution is -0.118. The highest BCUT2D eigenvalue weighted by Crippen LogP contribution is 2.11. The second-order valence-corrected chi connectivity index (χ2v) is 5.25. The zero-order chi connectivity index (χ0) is 13.8. The van der Waals surface area contributed by atoms with E-state index in [0.717, 1.165) is 25.3 Å². The number of amides is 1. The van der Waals surface area contributed by atoms with E-state index in [0.29, 0.717) is 18.3 Å². The molecule has 5 nitrogen and oxygen atoms in total. The highest BCUT2D eigenvalue weighted by atomic mass is 16.2. The number of carbonyl (C=O) groups is 1. The predicted molar refractivity (Wildman–Crippen MR) is 78.0 cm³/mol. The summed E-state index contributed by atoms with van der Waals surface area (Å²) in [6, 6.07) is 7.62. The Balaban J connectivity index is 1.85. The SMILES string of the molecule is CC1CN(C)CCN1CC(=O)Nc1ccc(N)cc1. The summed E-state index contributed by atoms with van der Waals surface area (Å²) in [4.78, 5) is 16.5. The Bertz CT molecular complexity index is 432. The van der Waals surface area contributed by atoms with Gasteiger partial charge in [-0.05, 0) is 38.2 Å². The minimum atomic E-state index is 0.0289. The molecule has 0 saturated carbocycles. The van der Waals surface area contributed by atoms with E-state index in [4.69, 9.17) is 5.73 Å². The number of carbonyl (C=O) groups excluding carboxylic acids is 1. The Labute approximate surface area is 114 Å². The van der Waals surface area contributed by atoms with Crippen molar-refractivity contribution < 1.29 is 4.79 Å². The molecule has 1 heterocycles. The first-order chi connectivity index (χ1) is 9.04. The third-order valence-electron chi connectivity index (χ3n) is 3.51. The molecule has 104 valence electrons. The summed E-state index contributed by atoms with van der Waals surface area (Å²) in [5, 5.41) is 2.90. The molecule has 19 heavy (non-hydrogen) atoms. The quantitative estimate of drug-likeness (QED) is 0.793. The summed E-state index contributed by atoms with van der Waals surface area (Å²) in [7, 11) is 2.11. The van der Waals surface area contributed by atoms with Gasteiger partial charge in [-0.3, -0.25) is 9.69 Å². The van der Waals surface area contributed by atoms with Crippen molar-refractivity contribution in [3.8, 4) is 0 Å². The molecule has 1 atom stereocenters. The molecule has 3 N–H and O–H groups in total. The van der Waals surface area contributed by atoms with E-state index in [-0.39, 0.29) is 5.91 Å². The summed E-state index contributed by atoms with van der Waals surface area (Å²) in [5.74, 6) is 0.0289. The summed E-state index contributed by atoms with van der Waals surface area (Å²) < 4.78 is 0. The molecule has 5 heteroatoms. The number of nitrogens with zero attached hydrogens (tertiary/aromatic N) is 2. The lowest BCUT2D eigenvalue weighted by Gasteiger charge is -2.37. The van der Waals surface area contributed by atoms with Gasteiger partial charge in [-0.15, -0.1) is 0 Å². The molecule has 0 aliphatic carbocycles. The second kappa shape index (κ2) is 6.04. The zero-order valence-electron chi connectivity index (χ0n) is 11.6. The van der Waals surface area contributed by atoms with Crippen LogP contribution in [0, 0.1) is 0 Å². The Morgan fingerprint density at radius 3 is 2.68 bits per heavy atom. The Morgan fingerprint density at radius 2 is 2.05 bits per heavy atom. The molecule has 1 aliphatic rings. The number of likely N-dealkylation sites (N-methyl/N-ethyl adjacent to an activating group) is 1. The number of nitrogens with two attached hydrogens (primary N) is 1. The number of nitrogens with one attached hydrogen (secondary N) is 1. The molecular formula is C14H22N4O. The summed E-state index contributed by atoms with van der Waals surface area (Å²) >= 11 is 0. The third-order valence-corrected chi connectivity index (χ3v) is 3.51. The average molecular weight is 262 g/mol. The van der Waals surface area contributed by atoms with Gasteiger partial charge in [0.15, 0.2) is 0 Å². The largest absolute Gasteiger partial charge is 0.399 e. The van der Waals surface area contributed by atoms with Gasteiger partial charge in [-0.2, -0.15) is 0 Å². The van der Waals surface area contributed by atoms with E-state index >= 15 is 0 Å². The van der Waals surface area contributed by atoms with E-state index in [9.17, 15) is 4.79 Å². The maximum Gasteiger partial charge on any atom is 0.238 e. The Hall–Kier alpha value is -1.59. The predicted octanol–water partition coefficient (Wildman–Crippen LogP) is 0.843. The van der Waals surface area contributed by atoms with Crippen LogP contribution in [0.4, 0.5) is 11.4 Å². The van der Waals surface area contributed by atoms with Gasteiger partial charge in [0.2, 0.25) is 5.91 Å². The van der Waals surface area contributed by atoms with Crippen molar-refractivity contribution in [2.75, 3.05) is 44.3 Å². The van der Waals surface area contributed by atoms with Crippen molar-refractivity contribution in [1.82, 2.24) is 9.80 Å². The standard InChI is InChI=1S/C14H22N4O/c1-11-9-17(2)7-8-18(11)10-14(19)16-13-5-3-12(15)4-6-13/h3-6,11H,7-10,15H2,1-2H3,(H,16,19). The third kappa shape index (κ3) is 3.94. The molecule has 1 unspecified atom stereocenters. The molecule has 1 aliphatic heterocycles. The van der Waals surface area contributed by atoms with Crippen LogP contribution >= 0.6 is 0 Å². The van der Waals surface area contributed by atoms with Crippen LogP contribution in [0.1, 0.15) is 6.92 Å². The number of anilines is 2. The van der Waals surface area contributed by atoms with Crippen molar-refractivity contribution in [3.63, 3.8) is 0 Å². The number of piperazine rings is 1. The Kier molecular flexibility index (Phi) is 4.39. The zero-order valence-corrected chi connectivity index (χ0v) is 11.6. The number of rotatable bonds is 3. The molecule has 1 amide bonds. The van der Waals surface area contributed by atoms with Crippen molar-refractivity contribution in [2.45, 2.75) is 13.0 Å². The van der Waals surface area contributed by atoms with Gasteiger partial charge in [-0.25, -0.2) is 0 Å². The first kappa shape index (κ1) is 13.8. The molecule has 0 aromatic heterocycles. The van der Waals surface area contributed by atoms with Crippen LogP contribution in [0.5, 0.6) is 0 Å². The fourth-order valence-electron chi connectivity index (χ4n) is 2.36. The second-order valence-electron chi connectivity index (χ2n) is 5.25. The first-order valence-electron chi connectivity index (χ1n) is 6.62. The fourth-order valence-corrected chi connectivity index (χ4v) is 2.36. The number of benzene rings is 1. The summed E-state index contributed by atoms with van der Waals surface area (Å²) in [5.41, 5.74) is 7.10. The van der Waals surface area contributed by atoms with Crippen LogP contribution in [0.3, 0.4) is 0 Å². The molecular weight excluding hydrogens is 240 g/mol. The highest BCUT2D eigenvalue weighted by molar-refractivity contribution is 5.92. The van der Waals surface area contributed by atoms with Crippen LogP contribution < -0.4 is 11.1 Å². The first-order valence-corrected chi connectivity index (χ1v) is 6.62. The molecule has 1 aromatic rings. The number of nitrogen functional groups attached to an aromatic ring is 1. The lowest BCUT2D eigenvalue weighted by Crippen LogP contribution is -2.52. The van der Waals surface area contributed by atoms with Gasteiger partial charge < -0.3 is 16.0 Å². The minimum absolute atomic E-state index is 0.0289. The van der Waals surface area contributed by atoms with Crippen molar-refractivity contribution in [3.05, 3.63) is 24.3 Å². The highest BCUT2D eigenvalue weighted by Gasteiger charge is 2.23. The summed E-state index contributed by atoms with van der Waals surface area (Å²) in [6.45, 7) is 5.56. The molecule has 1 fully saturated rings. The van der Waals surface area contributed by atoms with Crippen molar-refractivity contribution >= 4 is 17.3 Å². The molecule has 0 bridgehead atoms. The number of hydrogen-bond donors (Lipinski definition) is 2. The fraction of sp³-hybridized carbons (Fsp3) is 0.500. The molecule has 1 saturated heterocycles. The topological polar surface area (TPSA) is 61.6 Å². The van der Waals surface area contributed by atoms with Crippen LogP contribution in [-0.4, -0.2) is 55.0 Å². The number of hydrogen-bond acceptors (Lipinski definition) is 4. The van der Waals surface area contributed by atoms with E-state index in [1.807, 2.05) is 12.1 Å². The average Bonchev–Trinajstić information content (AvgIpc) is 2.36. The maximum absolute atomic E-state index is 12.0. The van der Waals surface area contributed by atoms with E-state index in [1.54, 1.807) is 12.1 Å². The van der Waals surface area contributed by atoms with Gasteiger partial charge in [0.25, 0.3) is 0 Å². The van der Waals surface area contributed by atoms with Crippen LogP contribution in [0.25, 0.3) is 0 Å². The molecule has 2 rings (SSSR count). The maximum atomic E-state index is 12.0. The van der Waals surface area contributed by atoms with Crippen molar-refractivity contribution in [2.24, 2.45) is 0 Å². The Morgan fingerprint density at radius 1 is 1.37 bits per heavy atom. The van der Waals surface area contributed by atoms with Gasteiger partial charge in [-0.1, -0.05) is 0 Å². The smallest absolute Gasteiger partial charge is 0.238 e.